The van der Waals surface area contributed by atoms with Gasteiger partial charge in [-0.3, -0.25) is 10.1 Å². The average molecular weight is 384 g/mol. The van der Waals surface area contributed by atoms with E-state index in [4.69, 9.17) is 27.9 Å². The summed E-state index contributed by atoms with van der Waals surface area (Å²) < 4.78 is 5.59. The lowest BCUT2D eigenvalue weighted by Gasteiger charge is -2.18. The first-order valence-corrected chi connectivity index (χ1v) is 8.46. The predicted molar refractivity (Wildman–Crippen MR) is 101 cm³/mol. The predicted octanol–water partition coefficient (Wildman–Crippen LogP) is 4.32. The van der Waals surface area contributed by atoms with E-state index in [1.807, 2.05) is 7.05 Å². The van der Waals surface area contributed by atoms with Crippen LogP contribution in [0.1, 0.15) is 0 Å². The molecule has 8 heteroatoms. The first-order chi connectivity index (χ1) is 12.0. The standard InChI is InChI=1S/C17H19Cl2N3O3/c1-21(10-9-20-17-15(18)3-2-4-16(17)19)11-12-25-14-7-5-13(6-8-14)22(23)24/h2-8,20H,9-12H2,1H3. The summed E-state index contributed by atoms with van der Waals surface area (Å²) in [4.78, 5) is 12.3. The van der Waals surface area contributed by atoms with Crippen molar-refractivity contribution in [2.24, 2.45) is 0 Å². The molecule has 2 aromatic carbocycles. The second-order valence-electron chi connectivity index (χ2n) is 5.43. The van der Waals surface area contributed by atoms with Gasteiger partial charge in [-0.1, -0.05) is 29.3 Å². The topological polar surface area (TPSA) is 67.6 Å². The van der Waals surface area contributed by atoms with Crippen LogP contribution in [0.15, 0.2) is 42.5 Å². The van der Waals surface area contributed by atoms with Crippen LogP contribution < -0.4 is 10.1 Å². The zero-order valence-corrected chi connectivity index (χ0v) is 15.3. The number of rotatable bonds is 9. The van der Waals surface area contributed by atoms with Gasteiger partial charge in [0.05, 0.1) is 20.7 Å². The molecule has 0 saturated carbocycles. The number of halogens is 2. The molecule has 2 aromatic rings. The van der Waals surface area contributed by atoms with Crippen LogP contribution in [0.4, 0.5) is 11.4 Å². The monoisotopic (exact) mass is 383 g/mol. The summed E-state index contributed by atoms with van der Waals surface area (Å²) in [5, 5.41) is 15.0. The van der Waals surface area contributed by atoms with Crippen LogP contribution in [-0.2, 0) is 0 Å². The smallest absolute Gasteiger partial charge is 0.269 e. The van der Waals surface area contributed by atoms with E-state index in [2.05, 4.69) is 10.2 Å². The van der Waals surface area contributed by atoms with Crippen molar-refractivity contribution in [1.82, 2.24) is 4.90 Å². The number of non-ortho nitro benzene ring substituents is 1. The minimum atomic E-state index is -0.435. The lowest BCUT2D eigenvalue weighted by Crippen LogP contribution is -2.29. The van der Waals surface area contributed by atoms with Gasteiger partial charge in [0, 0.05) is 31.8 Å². The zero-order valence-electron chi connectivity index (χ0n) is 13.7. The van der Waals surface area contributed by atoms with Crippen molar-refractivity contribution in [3.8, 4) is 5.75 Å². The molecule has 0 spiro atoms. The number of nitrogens with zero attached hydrogens (tertiary/aromatic N) is 2. The van der Waals surface area contributed by atoms with Crippen LogP contribution in [0, 0.1) is 10.1 Å². The Morgan fingerprint density at radius 2 is 1.76 bits per heavy atom. The number of hydrogen-bond acceptors (Lipinski definition) is 5. The van der Waals surface area contributed by atoms with E-state index in [-0.39, 0.29) is 5.69 Å². The number of anilines is 1. The van der Waals surface area contributed by atoms with E-state index < -0.39 is 4.92 Å². The maximum Gasteiger partial charge on any atom is 0.269 e. The number of hydrogen-bond donors (Lipinski definition) is 1. The Balaban J connectivity index is 1.68. The third kappa shape index (κ3) is 6.08. The first kappa shape index (κ1) is 19.3. The van der Waals surface area contributed by atoms with Gasteiger partial charge in [-0.05, 0) is 31.3 Å². The Kier molecular flexibility index (Phi) is 7.31. The molecule has 0 aliphatic rings. The third-order valence-corrected chi connectivity index (χ3v) is 4.18. The summed E-state index contributed by atoms with van der Waals surface area (Å²) in [5.74, 6) is 0.611. The highest BCUT2D eigenvalue weighted by atomic mass is 35.5. The lowest BCUT2D eigenvalue weighted by molar-refractivity contribution is -0.384. The quantitative estimate of drug-likeness (QED) is 0.515. The van der Waals surface area contributed by atoms with Crippen molar-refractivity contribution in [2.75, 3.05) is 38.6 Å². The number of nitrogens with one attached hydrogen (secondary N) is 1. The van der Waals surface area contributed by atoms with Gasteiger partial charge in [0.2, 0.25) is 0 Å². The summed E-state index contributed by atoms with van der Waals surface area (Å²) in [5.41, 5.74) is 0.787. The maximum absolute atomic E-state index is 10.6. The third-order valence-electron chi connectivity index (χ3n) is 3.55. The van der Waals surface area contributed by atoms with Crippen molar-refractivity contribution in [2.45, 2.75) is 0 Å². The van der Waals surface area contributed by atoms with Gasteiger partial charge in [0.1, 0.15) is 12.4 Å². The molecule has 134 valence electrons. The fraction of sp³-hybridized carbons (Fsp3) is 0.294. The Hall–Kier alpha value is -2.02. The molecule has 0 radical (unpaired) electrons. The molecule has 1 N–H and O–H groups in total. The Bertz CT molecular complexity index is 691. The number of likely N-dealkylation sites (N-methyl/N-ethyl adjacent to an activating group) is 1. The van der Waals surface area contributed by atoms with Crippen molar-refractivity contribution in [1.29, 1.82) is 0 Å². The molecule has 0 fully saturated rings. The SMILES string of the molecule is CN(CCNc1c(Cl)cccc1Cl)CCOc1ccc([N+](=O)[O-])cc1. The summed E-state index contributed by atoms with van der Waals surface area (Å²) in [6.07, 6.45) is 0. The zero-order chi connectivity index (χ0) is 18.2. The highest BCUT2D eigenvalue weighted by Gasteiger charge is 2.06. The molecule has 0 aromatic heterocycles. The Morgan fingerprint density at radius 1 is 1.12 bits per heavy atom. The molecule has 0 amide bonds. The van der Waals surface area contributed by atoms with Crippen LogP contribution in [0.3, 0.4) is 0 Å². The van der Waals surface area contributed by atoms with Gasteiger partial charge >= 0.3 is 0 Å². The van der Waals surface area contributed by atoms with Gasteiger partial charge in [-0.15, -0.1) is 0 Å². The van der Waals surface area contributed by atoms with Gasteiger partial charge in [0.25, 0.3) is 5.69 Å². The van der Waals surface area contributed by atoms with Crippen LogP contribution >= 0.6 is 23.2 Å². The number of nitro groups is 1. The molecule has 0 saturated heterocycles. The fourth-order valence-corrected chi connectivity index (χ4v) is 2.66. The van der Waals surface area contributed by atoms with Gasteiger partial charge in [0.15, 0.2) is 0 Å². The second-order valence-corrected chi connectivity index (χ2v) is 6.24. The van der Waals surface area contributed by atoms with Crippen molar-refractivity contribution in [3.05, 3.63) is 62.6 Å². The lowest BCUT2D eigenvalue weighted by atomic mass is 10.3. The molecule has 2 rings (SSSR count). The number of nitro benzene ring substituents is 1. The molecule has 0 unspecified atom stereocenters. The molecule has 0 heterocycles. The molecular formula is C17H19Cl2N3O3. The van der Waals surface area contributed by atoms with Crippen molar-refractivity contribution < 1.29 is 9.66 Å². The highest BCUT2D eigenvalue weighted by molar-refractivity contribution is 6.39. The molecular weight excluding hydrogens is 365 g/mol. The number of benzene rings is 2. The summed E-state index contributed by atoms with van der Waals surface area (Å²) in [6.45, 7) is 2.68. The van der Waals surface area contributed by atoms with Crippen LogP contribution in [-0.4, -0.2) is 43.1 Å². The Morgan fingerprint density at radius 3 is 2.36 bits per heavy atom. The van der Waals surface area contributed by atoms with Crippen LogP contribution in [0.2, 0.25) is 10.0 Å². The van der Waals surface area contributed by atoms with E-state index in [9.17, 15) is 10.1 Å². The Labute approximate surface area is 156 Å². The highest BCUT2D eigenvalue weighted by Crippen LogP contribution is 2.29. The normalized spacial score (nSPS) is 10.7. The average Bonchev–Trinajstić information content (AvgIpc) is 2.58. The largest absolute Gasteiger partial charge is 0.492 e. The molecule has 6 nitrogen and oxygen atoms in total. The van der Waals surface area contributed by atoms with Gasteiger partial charge in [-0.2, -0.15) is 0 Å². The van der Waals surface area contributed by atoms with E-state index in [0.29, 0.717) is 28.9 Å². The summed E-state index contributed by atoms with van der Waals surface area (Å²) >= 11 is 12.2. The molecule has 0 atom stereocenters. The first-order valence-electron chi connectivity index (χ1n) is 7.71. The number of para-hydroxylation sites is 1. The summed E-state index contributed by atoms with van der Waals surface area (Å²) in [6, 6.07) is 11.4. The van der Waals surface area contributed by atoms with Crippen molar-refractivity contribution >= 4 is 34.6 Å². The van der Waals surface area contributed by atoms with Gasteiger partial charge < -0.3 is 15.0 Å². The van der Waals surface area contributed by atoms with E-state index in [0.717, 1.165) is 18.8 Å². The van der Waals surface area contributed by atoms with Crippen molar-refractivity contribution in [3.63, 3.8) is 0 Å². The number of ether oxygens (including phenoxy) is 1. The second kappa shape index (κ2) is 9.46. The minimum absolute atomic E-state index is 0.0498. The molecule has 25 heavy (non-hydrogen) atoms. The fourth-order valence-electron chi connectivity index (χ4n) is 2.13. The van der Waals surface area contributed by atoms with E-state index >= 15 is 0 Å². The summed E-state index contributed by atoms with van der Waals surface area (Å²) in [7, 11) is 1.98. The maximum atomic E-state index is 10.6. The van der Waals surface area contributed by atoms with E-state index in [1.54, 1.807) is 30.3 Å². The molecule has 0 aliphatic heterocycles. The molecule has 0 aliphatic carbocycles. The minimum Gasteiger partial charge on any atom is -0.492 e. The van der Waals surface area contributed by atoms with Gasteiger partial charge in [-0.25, -0.2) is 0 Å². The van der Waals surface area contributed by atoms with Crippen LogP contribution in [0.5, 0.6) is 5.75 Å². The molecule has 0 bridgehead atoms. The van der Waals surface area contributed by atoms with Crippen LogP contribution in [0.25, 0.3) is 0 Å². The van der Waals surface area contributed by atoms with E-state index in [1.165, 1.54) is 12.1 Å².